The molecular weight excluding hydrogens is 359 g/mol. The van der Waals surface area contributed by atoms with Gasteiger partial charge in [-0.25, -0.2) is 17.5 Å². The topological polar surface area (TPSA) is 72.2 Å². The van der Waals surface area contributed by atoms with Crippen molar-refractivity contribution >= 4 is 31.6 Å². The maximum Gasteiger partial charge on any atom is 0.244 e. The number of hydrogen-bond acceptors (Lipinski definition) is 3. The lowest BCUT2D eigenvalue weighted by Crippen LogP contribution is -2.27. The number of nitrogen functional groups attached to an aromatic ring is 1. The highest BCUT2D eigenvalue weighted by Gasteiger charge is 2.22. The van der Waals surface area contributed by atoms with Crippen molar-refractivity contribution in [2.75, 3.05) is 5.73 Å². The van der Waals surface area contributed by atoms with Gasteiger partial charge in [-0.3, -0.25) is 0 Å². The summed E-state index contributed by atoms with van der Waals surface area (Å²) in [4.78, 5) is -0.452. The summed E-state index contributed by atoms with van der Waals surface area (Å²) in [6.07, 6.45) is 0. The number of hydrogen-bond donors (Lipinski definition) is 2. The first-order chi connectivity index (χ1) is 9.79. The molecule has 2 rings (SSSR count). The molecule has 21 heavy (non-hydrogen) atoms. The molecule has 112 valence electrons. The summed E-state index contributed by atoms with van der Waals surface area (Å²) in [6.45, 7) is 1.69. The first-order valence-corrected chi connectivity index (χ1v) is 8.40. The molecule has 0 unspecified atom stereocenters. The number of halogens is 2. The zero-order chi connectivity index (χ0) is 15.6. The molecule has 0 spiro atoms. The maximum absolute atomic E-state index is 13.7. The third kappa shape index (κ3) is 3.81. The molecule has 4 nitrogen and oxygen atoms in total. The van der Waals surface area contributed by atoms with E-state index in [1.54, 1.807) is 31.2 Å². The predicted molar refractivity (Wildman–Crippen MR) is 83.7 cm³/mol. The van der Waals surface area contributed by atoms with Gasteiger partial charge in [0.25, 0.3) is 0 Å². The van der Waals surface area contributed by atoms with Crippen LogP contribution in [0.5, 0.6) is 0 Å². The number of anilines is 1. The first kappa shape index (κ1) is 15.9. The van der Waals surface area contributed by atoms with Crippen LogP contribution in [0, 0.1) is 5.82 Å². The normalized spacial score (nSPS) is 13.1. The SMILES string of the molecule is C[C@@H](NS(=O)(=O)c1cc(N)ccc1F)c1ccc(Br)cc1. The lowest BCUT2D eigenvalue weighted by molar-refractivity contribution is 0.547. The van der Waals surface area contributed by atoms with Gasteiger partial charge in [-0.2, -0.15) is 0 Å². The molecule has 0 amide bonds. The number of sulfonamides is 1. The monoisotopic (exact) mass is 372 g/mol. The number of nitrogens with two attached hydrogens (primary N) is 1. The van der Waals surface area contributed by atoms with Gasteiger partial charge in [-0.1, -0.05) is 28.1 Å². The Balaban J connectivity index is 2.28. The number of nitrogens with one attached hydrogen (secondary N) is 1. The van der Waals surface area contributed by atoms with E-state index in [0.717, 1.165) is 22.2 Å². The molecule has 0 heterocycles. The second-order valence-electron chi connectivity index (χ2n) is 4.58. The standard InChI is InChI=1S/C14H14BrFN2O2S/c1-9(10-2-4-11(15)5-3-10)18-21(19,20)14-8-12(17)6-7-13(14)16/h2-9,18H,17H2,1H3/t9-/m1/s1. The Morgan fingerprint density at radius 2 is 1.81 bits per heavy atom. The van der Waals surface area contributed by atoms with Gasteiger partial charge < -0.3 is 5.73 Å². The quantitative estimate of drug-likeness (QED) is 0.809. The fourth-order valence-electron chi connectivity index (χ4n) is 1.84. The van der Waals surface area contributed by atoms with Crippen LogP contribution in [0.15, 0.2) is 51.8 Å². The molecule has 0 aliphatic carbocycles. The van der Waals surface area contributed by atoms with Crippen molar-refractivity contribution in [3.8, 4) is 0 Å². The highest BCUT2D eigenvalue weighted by molar-refractivity contribution is 9.10. The van der Waals surface area contributed by atoms with Crippen LogP contribution in [0.3, 0.4) is 0 Å². The Labute approximate surface area is 131 Å². The zero-order valence-electron chi connectivity index (χ0n) is 11.2. The van der Waals surface area contributed by atoms with E-state index < -0.39 is 26.8 Å². The largest absolute Gasteiger partial charge is 0.399 e. The molecule has 3 N–H and O–H groups in total. The van der Waals surface area contributed by atoms with Crippen LogP contribution in [0.25, 0.3) is 0 Å². The summed E-state index contributed by atoms with van der Waals surface area (Å²) < 4.78 is 41.5. The minimum atomic E-state index is -3.99. The van der Waals surface area contributed by atoms with Crippen LogP contribution in [0.1, 0.15) is 18.5 Å². The Bertz CT molecular complexity index is 748. The van der Waals surface area contributed by atoms with Crippen molar-refractivity contribution in [2.45, 2.75) is 17.9 Å². The van der Waals surface area contributed by atoms with Crippen LogP contribution >= 0.6 is 15.9 Å². The summed E-state index contributed by atoms with van der Waals surface area (Å²) in [7, 11) is -3.99. The fourth-order valence-corrected chi connectivity index (χ4v) is 3.45. The fraction of sp³-hybridized carbons (Fsp3) is 0.143. The molecule has 0 aliphatic rings. The Kier molecular flexibility index (Phi) is 4.65. The molecule has 0 radical (unpaired) electrons. The van der Waals surface area contributed by atoms with Crippen LogP contribution in [-0.2, 0) is 10.0 Å². The molecule has 2 aromatic rings. The highest BCUT2D eigenvalue weighted by atomic mass is 79.9. The smallest absolute Gasteiger partial charge is 0.244 e. The van der Waals surface area contributed by atoms with Gasteiger partial charge in [0.1, 0.15) is 10.7 Å². The molecule has 0 saturated carbocycles. The highest BCUT2D eigenvalue weighted by Crippen LogP contribution is 2.22. The summed E-state index contributed by atoms with van der Waals surface area (Å²) >= 11 is 3.31. The third-order valence-corrected chi connectivity index (χ3v) is 5.03. The average molecular weight is 373 g/mol. The van der Waals surface area contributed by atoms with Gasteiger partial charge in [0.2, 0.25) is 10.0 Å². The molecule has 7 heteroatoms. The molecule has 0 aliphatic heterocycles. The minimum absolute atomic E-state index is 0.188. The van der Waals surface area contributed by atoms with E-state index in [1.165, 1.54) is 6.07 Å². The average Bonchev–Trinajstić information content (AvgIpc) is 2.41. The van der Waals surface area contributed by atoms with Crippen LogP contribution in [-0.4, -0.2) is 8.42 Å². The van der Waals surface area contributed by atoms with E-state index in [0.29, 0.717) is 0 Å². The maximum atomic E-state index is 13.7. The third-order valence-electron chi connectivity index (χ3n) is 2.95. The number of benzene rings is 2. The minimum Gasteiger partial charge on any atom is -0.399 e. The lowest BCUT2D eigenvalue weighted by atomic mass is 10.1. The summed E-state index contributed by atoms with van der Waals surface area (Å²) in [6, 6.07) is 10.1. The Morgan fingerprint density at radius 3 is 2.43 bits per heavy atom. The predicted octanol–water partition coefficient (Wildman–Crippen LogP) is 3.21. The lowest BCUT2D eigenvalue weighted by Gasteiger charge is -2.15. The number of rotatable bonds is 4. The zero-order valence-corrected chi connectivity index (χ0v) is 13.6. The van der Waals surface area contributed by atoms with E-state index in [1.807, 2.05) is 0 Å². The first-order valence-electron chi connectivity index (χ1n) is 6.12. The van der Waals surface area contributed by atoms with E-state index in [4.69, 9.17) is 5.73 Å². The van der Waals surface area contributed by atoms with Gasteiger partial charge in [-0.15, -0.1) is 0 Å². The molecule has 0 bridgehead atoms. The molecule has 0 fully saturated rings. The molecule has 1 atom stereocenters. The van der Waals surface area contributed by atoms with E-state index in [2.05, 4.69) is 20.7 Å². The van der Waals surface area contributed by atoms with Crippen molar-refractivity contribution in [1.29, 1.82) is 0 Å². The van der Waals surface area contributed by atoms with Crippen molar-refractivity contribution in [1.82, 2.24) is 4.72 Å². The van der Waals surface area contributed by atoms with Gasteiger partial charge >= 0.3 is 0 Å². The van der Waals surface area contributed by atoms with E-state index in [9.17, 15) is 12.8 Å². The summed E-state index contributed by atoms with van der Waals surface area (Å²) in [5, 5.41) is 0. The van der Waals surface area contributed by atoms with Crippen molar-refractivity contribution in [2.24, 2.45) is 0 Å². The Morgan fingerprint density at radius 1 is 1.19 bits per heavy atom. The molecule has 0 aromatic heterocycles. The molecule has 0 saturated heterocycles. The van der Waals surface area contributed by atoms with Gasteiger partial charge in [-0.05, 0) is 42.8 Å². The summed E-state index contributed by atoms with van der Waals surface area (Å²) in [5.74, 6) is -0.834. The van der Waals surface area contributed by atoms with Gasteiger partial charge in [0.15, 0.2) is 0 Å². The van der Waals surface area contributed by atoms with Crippen molar-refractivity contribution in [3.63, 3.8) is 0 Å². The van der Waals surface area contributed by atoms with Gasteiger partial charge in [0.05, 0.1) is 0 Å². The second kappa shape index (κ2) is 6.13. The van der Waals surface area contributed by atoms with E-state index >= 15 is 0 Å². The van der Waals surface area contributed by atoms with Gasteiger partial charge in [0, 0.05) is 16.2 Å². The second-order valence-corrected chi connectivity index (χ2v) is 7.18. The van der Waals surface area contributed by atoms with Crippen molar-refractivity contribution < 1.29 is 12.8 Å². The van der Waals surface area contributed by atoms with Crippen molar-refractivity contribution in [3.05, 3.63) is 58.3 Å². The Hall–Kier alpha value is -1.44. The van der Waals surface area contributed by atoms with Crippen LogP contribution < -0.4 is 10.5 Å². The van der Waals surface area contributed by atoms with E-state index in [-0.39, 0.29) is 5.69 Å². The summed E-state index contributed by atoms with van der Waals surface area (Å²) in [5.41, 5.74) is 6.48. The molecule has 2 aromatic carbocycles. The van der Waals surface area contributed by atoms with Crippen LogP contribution in [0.2, 0.25) is 0 Å². The van der Waals surface area contributed by atoms with Crippen LogP contribution in [0.4, 0.5) is 10.1 Å². The molecular formula is C14H14BrFN2O2S.